The van der Waals surface area contributed by atoms with Crippen molar-refractivity contribution in [2.24, 2.45) is 0 Å². The fraction of sp³-hybridized carbons (Fsp3) is 0.200. The summed E-state index contributed by atoms with van der Waals surface area (Å²) in [5.74, 6) is 0.395. The molecular weight excluding hydrogens is 362 g/mol. The van der Waals surface area contributed by atoms with Gasteiger partial charge in [-0.15, -0.1) is 0 Å². The molecule has 3 aromatic carbocycles. The van der Waals surface area contributed by atoms with Crippen molar-refractivity contribution in [2.45, 2.75) is 26.4 Å². The van der Waals surface area contributed by atoms with E-state index in [1.807, 2.05) is 6.07 Å². The maximum Gasteiger partial charge on any atom is 0.261 e. The maximum absolute atomic E-state index is 12.7. The molecule has 0 radical (unpaired) electrons. The van der Waals surface area contributed by atoms with Crippen molar-refractivity contribution in [1.82, 2.24) is 4.90 Å². The normalized spacial score (nSPS) is 17.3. The monoisotopic (exact) mass is 383 g/mol. The summed E-state index contributed by atoms with van der Waals surface area (Å²) in [7, 11) is 0. The van der Waals surface area contributed by atoms with E-state index in [-0.39, 0.29) is 24.5 Å². The summed E-state index contributed by atoms with van der Waals surface area (Å²) in [4.78, 5) is 26.7. The molecule has 0 spiro atoms. The van der Waals surface area contributed by atoms with Crippen molar-refractivity contribution in [3.63, 3.8) is 0 Å². The largest absolute Gasteiger partial charge is 0.487 e. The second-order valence-corrected chi connectivity index (χ2v) is 7.77. The average Bonchev–Trinajstić information content (AvgIpc) is 3.23. The van der Waals surface area contributed by atoms with Crippen molar-refractivity contribution >= 4 is 11.8 Å². The van der Waals surface area contributed by atoms with Gasteiger partial charge in [0.1, 0.15) is 11.9 Å². The molecule has 0 saturated heterocycles. The van der Waals surface area contributed by atoms with Crippen LogP contribution in [-0.4, -0.2) is 29.4 Å². The lowest BCUT2D eigenvalue weighted by atomic mass is 9.93. The van der Waals surface area contributed by atoms with Crippen LogP contribution in [-0.2, 0) is 6.42 Å². The van der Waals surface area contributed by atoms with Crippen LogP contribution >= 0.6 is 0 Å². The van der Waals surface area contributed by atoms with Gasteiger partial charge < -0.3 is 4.74 Å². The smallest absolute Gasteiger partial charge is 0.261 e. The maximum atomic E-state index is 12.7. The van der Waals surface area contributed by atoms with Gasteiger partial charge in [-0.2, -0.15) is 0 Å². The molecule has 0 saturated carbocycles. The third kappa shape index (κ3) is 2.75. The number of benzene rings is 3. The molecule has 0 N–H and O–H groups in total. The molecule has 4 nitrogen and oxygen atoms in total. The standard InChI is InChI=1S/C25H21NO3/c1-15-7-5-8-16(2)22(15)21-12-6-9-17-13-18(29-23(17)21)14-26-24(27)19-10-3-4-11-20(19)25(26)28/h3-12,18H,13-14H2,1-2H3. The zero-order chi connectivity index (χ0) is 20.1. The lowest BCUT2D eigenvalue weighted by molar-refractivity contribution is 0.0588. The number of ether oxygens (including phenoxy) is 1. The summed E-state index contributed by atoms with van der Waals surface area (Å²) in [6.07, 6.45) is 0.444. The van der Waals surface area contributed by atoms with Crippen LogP contribution in [0.4, 0.5) is 0 Å². The molecule has 2 amide bonds. The first-order valence-corrected chi connectivity index (χ1v) is 9.85. The summed E-state index contributed by atoms with van der Waals surface area (Å²) in [6, 6.07) is 19.4. The number of aryl methyl sites for hydroxylation is 2. The van der Waals surface area contributed by atoms with Crippen LogP contribution < -0.4 is 4.74 Å². The summed E-state index contributed by atoms with van der Waals surface area (Å²) < 4.78 is 6.31. The van der Waals surface area contributed by atoms with Gasteiger partial charge in [0.2, 0.25) is 0 Å². The van der Waals surface area contributed by atoms with Gasteiger partial charge in [0.05, 0.1) is 17.7 Å². The molecule has 29 heavy (non-hydrogen) atoms. The minimum atomic E-state index is -0.238. The van der Waals surface area contributed by atoms with E-state index in [1.165, 1.54) is 21.6 Å². The molecule has 0 bridgehead atoms. The Morgan fingerprint density at radius 3 is 2.07 bits per heavy atom. The number of fused-ring (bicyclic) bond motifs is 2. The Labute approximate surface area is 169 Å². The molecule has 0 aromatic heterocycles. The molecule has 4 heteroatoms. The Morgan fingerprint density at radius 2 is 1.41 bits per heavy atom. The molecule has 5 rings (SSSR count). The first-order chi connectivity index (χ1) is 14.0. The highest BCUT2D eigenvalue weighted by atomic mass is 16.5. The van der Waals surface area contributed by atoms with Crippen molar-refractivity contribution in [2.75, 3.05) is 6.54 Å². The first-order valence-electron chi connectivity index (χ1n) is 9.85. The minimum Gasteiger partial charge on any atom is -0.487 e. The average molecular weight is 383 g/mol. The summed E-state index contributed by atoms with van der Waals surface area (Å²) in [6.45, 7) is 4.47. The van der Waals surface area contributed by atoms with Crippen molar-refractivity contribution in [3.8, 4) is 16.9 Å². The fourth-order valence-electron chi connectivity index (χ4n) is 4.48. The van der Waals surface area contributed by atoms with E-state index in [1.54, 1.807) is 24.3 Å². The lowest BCUT2D eigenvalue weighted by Crippen LogP contribution is -2.38. The summed E-state index contributed by atoms with van der Waals surface area (Å²) in [5, 5.41) is 0. The van der Waals surface area contributed by atoms with E-state index in [0.29, 0.717) is 17.5 Å². The molecule has 1 unspecified atom stereocenters. The van der Waals surface area contributed by atoms with E-state index < -0.39 is 0 Å². The van der Waals surface area contributed by atoms with Crippen molar-refractivity contribution in [1.29, 1.82) is 0 Å². The molecule has 0 aliphatic carbocycles. The highest BCUT2D eigenvalue weighted by molar-refractivity contribution is 6.21. The van der Waals surface area contributed by atoms with Crippen LogP contribution in [0.1, 0.15) is 37.4 Å². The number of hydrogen-bond acceptors (Lipinski definition) is 3. The van der Waals surface area contributed by atoms with Crippen LogP contribution in [0.5, 0.6) is 5.75 Å². The van der Waals surface area contributed by atoms with Crippen molar-refractivity contribution < 1.29 is 14.3 Å². The number of carbonyl (C=O) groups excluding carboxylic acids is 2. The van der Waals surface area contributed by atoms with Crippen LogP contribution in [0.3, 0.4) is 0 Å². The van der Waals surface area contributed by atoms with Crippen LogP contribution in [0.15, 0.2) is 60.7 Å². The predicted molar refractivity (Wildman–Crippen MR) is 111 cm³/mol. The third-order valence-electron chi connectivity index (χ3n) is 5.84. The van der Waals surface area contributed by atoms with Gasteiger partial charge in [-0.05, 0) is 48.2 Å². The zero-order valence-corrected chi connectivity index (χ0v) is 16.4. The van der Waals surface area contributed by atoms with Gasteiger partial charge >= 0.3 is 0 Å². The Hall–Kier alpha value is -3.40. The minimum absolute atomic E-state index is 0.236. The van der Waals surface area contributed by atoms with Gasteiger partial charge in [0, 0.05) is 12.0 Å². The predicted octanol–water partition coefficient (Wildman–Crippen LogP) is 4.57. The highest BCUT2D eigenvalue weighted by Crippen LogP contribution is 2.41. The topological polar surface area (TPSA) is 46.6 Å². The molecule has 2 aliphatic heterocycles. The molecule has 2 heterocycles. The van der Waals surface area contributed by atoms with Gasteiger partial charge in [-0.3, -0.25) is 14.5 Å². The van der Waals surface area contributed by atoms with E-state index in [9.17, 15) is 9.59 Å². The molecule has 144 valence electrons. The SMILES string of the molecule is Cc1cccc(C)c1-c1cccc2c1OC(CN1C(=O)c3ccccc3C1=O)C2. The molecule has 3 aromatic rings. The number of imide groups is 1. The van der Waals surface area contributed by atoms with E-state index in [0.717, 1.165) is 16.9 Å². The number of nitrogens with zero attached hydrogens (tertiary/aromatic N) is 1. The van der Waals surface area contributed by atoms with Crippen molar-refractivity contribution in [3.05, 3.63) is 88.5 Å². The third-order valence-corrected chi connectivity index (χ3v) is 5.84. The Balaban J connectivity index is 1.44. The van der Waals surface area contributed by atoms with Gasteiger partial charge in [0.15, 0.2) is 0 Å². The second kappa shape index (κ2) is 6.59. The first kappa shape index (κ1) is 17.7. The number of para-hydroxylation sites is 1. The van der Waals surface area contributed by atoms with Crippen LogP contribution in [0.25, 0.3) is 11.1 Å². The number of carbonyl (C=O) groups is 2. The zero-order valence-electron chi connectivity index (χ0n) is 16.4. The molecule has 1 atom stereocenters. The van der Waals surface area contributed by atoms with E-state index >= 15 is 0 Å². The van der Waals surface area contributed by atoms with Gasteiger partial charge in [-0.1, -0.05) is 48.5 Å². The van der Waals surface area contributed by atoms with Gasteiger partial charge in [0.25, 0.3) is 11.8 Å². The lowest BCUT2D eigenvalue weighted by Gasteiger charge is -2.19. The number of amides is 2. The molecule has 0 fully saturated rings. The summed E-state index contributed by atoms with van der Waals surface area (Å²) in [5.41, 5.74) is 6.73. The van der Waals surface area contributed by atoms with Crippen LogP contribution in [0, 0.1) is 13.8 Å². The Kier molecular flexibility index (Phi) is 4.02. The fourth-order valence-corrected chi connectivity index (χ4v) is 4.48. The Morgan fingerprint density at radius 1 is 0.828 bits per heavy atom. The number of hydrogen-bond donors (Lipinski definition) is 0. The van der Waals surface area contributed by atoms with E-state index in [4.69, 9.17) is 4.74 Å². The molecular formula is C25H21NO3. The Bertz CT molecular complexity index is 1110. The van der Waals surface area contributed by atoms with Gasteiger partial charge in [-0.25, -0.2) is 0 Å². The van der Waals surface area contributed by atoms with E-state index in [2.05, 4.69) is 44.2 Å². The summed E-state index contributed by atoms with van der Waals surface area (Å²) >= 11 is 0. The highest BCUT2D eigenvalue weighted by Gasteiger charge is 2.38. The van der Waals surface area contributed by atoms with Crippen LogP contribution in [0.2, 0.25) is 0 Å². The molecule has 2 aliphatic rings. The second-order valence-electron chi connectivity index (χ2n) is 7.77. The number of rotatable bonds is 3. The quantitative estimate of drug-likeness (QED) is 0.623.